The second-order valence-electron chi connectivity index (χ2n) is 6.03. The lowest BCUT2D eigenvalue weighted by Gasteiger charge is -2.06. The predicted octanol–water partition coefficient (Wildman–Crippen LogP) is 4.57. The zero-order valence-corrected chi connectivity index (χ0v) is 15.6. The van der Waals surface area contributed by atoms with E-state index in [0.29, 0.717) is 21.3 Å². The number of hydrogen-bond donors (Lipinski definition) is 2. The normalized spacial score (nSPS) is 10.4. The molecule has 0 radical (unpaired) electrons. The van der Waals surface area contributed by atoms with Crippen LogP contribution in [0, 0.1) is 20.8 Å². The van der Waals surface area contributed by atoms with Crippen molar-refractivity contribution in [1.82, 2.24) is 4.98 Å². The van der Waals surface area contributed by atoms with E-state index in [1.807, 2.05) is 56.3 Å². The molecular formula is C20H19N3O2S. The van der Waals surface area contributed by atoms with Gasteiger partial charge >= 0.3 is 0 Å². The van der Waals surface area contributed by atoms with Gasteiger partial charge in [0.2, 0.25) is 0 Å². The van der Waals surface area contributed by atoms with Gasteiger partial charge in [-0.05, 0) is 44.5 Å². The molecule has 0 bridgehead atoms. The molecule has 0 aliphatic carbocycles. The molecule has 1 heterocycles. The van der Waals surface area contributed by atoms with E-state index in [4.69, 9.17) is 0 Å². The summed E-state index contributed by atoms with van der Waals surface area (Å²) in [7, 11) is 0. The van der Waals surface area contributed by atoms with E-state index in [1.165, 1.54) is 0 Å². The largest absolute Gasteiger partial charge is 0.321 e. The van der Waals surface area contributed by atoms with Gasteiger partial charge in [0.25, 0.3) is 11.8 Å². The number of carbonyl (C=O) groups excluding carboxylic acids is 2. The molecular weight excluding hydrogens is 346 g/mol. The minimum atomic E-state index is -0.242. The lowest BCUT2D eigenvalue weighted by Crippen LogP contribution is -2.12. The molecule has 5 nitrogen and oxygen atoms in total. The molecule has 3 rings (SSSR count). The molecule has 0 saturated carbocycles. The Hall–Kier alpha value is -2.99. The van der Waals surface area contributed by atoms with Crippen LogP contribution in [0.25, 0.3) is 0 Å². The van der Waals surface area contributed by atoms with Crippen molar-refractivity contribution in [3.63, 3.8) is 0 Å². The number of amides is 2. The van der Waals surface area contributed by atoms with E-state index in [0.717, 1.165) is 28.2 Å². The molecule has 0 aliphatic rings. The molecule has 0 saturated heterocycles. The third-order valence-electron chi connectivity index (χ3n) is 3.90. The molecule has 132 valence electrons. The van der Waals surface area contributed by atoms with Crippen molar-refractivity contribution in [2.45, 2.75) is 20.8 Å². The van der Waals surface area contributed by atoms with Crippen molar-refractivity contribution in [3.05, 3.63) is 75.8 Å². The highest BCUT2D eigenvalue weighted by Gasteiger charge is 2.17. The Balaban J connectivity index is 1.75. The molecule has 0 spiro atoms. The van der Waals surface area contributed by atoms with Crippen molar-refractivity contribution < 1.29 is 9.59 Å². The van der Waals surface area contributed by atoms with Gasteiger partial charge in [0.05, 0.1) is 5.69 Å². The molecule has 2 amide bonds. The Morgan fingerprint density at radius 3 is 2.42 bits per heavy atom. The minimum absolute atomic E-state index is 0.231. The summed E-state index contributed by atoms with van der Waals surface area (Å²) in [5.74, 6) is -0.473. The Kier molecular flexibility index (Phi) is 5.14. The summed E-state index contributed by atoms with van der Waals surface area (Å²) in [6.07, 6.45) is 0. The lowest BCUT2D eigenvalue weighted by molar-refractivity contribution is 0.102. The van der Waals surface area contributed by atoms with E-state index in [1.54, 1.807) is 13.0 Å². The number of aryl methyl sites for hydroxylation is 3. The van der Waals surface area contributed by atoms with Gasteiger partial charge in [-0.3, -0.25) is 14.9 Å². The van der Waals surface area contributed by atoms with Crippen molar-refractivity contribution in [2.75, 3.05) is 10.6 Å². The van der Waals surface area contributed by atoms with Crippen LogP contribution in [-0.4, -0.2) is 16.8 Å². The third kappa shape index (κ3) is 3.97. The molecule has 0 unspecified atom stereocenters. The van der Waals surface area contributed by atoms with E-state index in [-0.39, 0.29) is 11.8 Å². The molecule has 0 atom stereocenters. The number of benzene rings is 2. The summed E-state index contributed by atoms with van der Waals surface area (Å²) in [6, 6.07) is 14.9. The maximum absolute atomic E-state index is 12.5. The highest BCUT2D eigenvalue weighted by molar-refractivity contribution is 7.17. The quantitative estimate of drug-likeness (QED) is 0.711. The van der Waals surface area contributed by atoms with Gasteiger partial charge in [-0.1, -0.05) is 47.2 Å². The number of thiazole rings is 1. The number of nitrogens with zero attached hydrogens (tertiary/aromatic N) is 1. The van der Waals surface area contributed by atoms with Crippen LogP contribution in [0.5, 0.6) is 0 Å². The van der Waals surface area contributed by atoms with Crippen LogP contribution in [0.4, 0.5) is 10.8 Å². The van der Waals surface area contributed by atoms with E-state index >= 15 is 0 Å². The van der Waals surface area contributed by atoms with E-state index in [2.05, 4.69) is 15.6 Å². The van der Waals surface area contributed by atoms with Gasteiger partial charge in [0.1, 0.15) is 4.88 Å². The van der Waals surface area contributed by atoms with E-state index in [9.17, 15) is 9.59 Å². The number of hydrogen-bond acceptors (Lipinski definition) is 4. The van der Waals surface area contributed by atoms with Gasteiger partial charge in [-0.25, -0.2) is 4.98 Å². The summed E-state index contributed by atoms with van der Waals surface area (Å²) in [4.78, 5) is 29.7. The standard InChI is InChI=1S/C20H19N3O2S/c1-12-7-6-9-15(11-12)18(24)23-20-21-14(3)17(26-20)19(25)22-16-10-5-4-8-13(16)2/h4-11H,1-3H3,(H,22,25)(H,21,23,24). The number of aromatic nitrogens is 1. The Labute approximate surface area is 156 Å². The third-order valence-corrected chi connectivity index (χ3v) is 4.97. The molecule has 26 heavy (non-hydrogen) atoms. The molecule has 2 N–H and O–H groups in total. The monoisotopic (exact) mass is 365 g/mol. The first-order valence-electron chi connectivity index (χ1n) is 8.16. The Morgan fingerprint density at radius 2 is 1.69 bits per heavy atom. The van der Waals surface area contributed by atoms with Crippen LogP contribution in [-0.2, 0) is 0 Å². The predicted molar refractivity (Wildman–Crippen MR) is 105 cm³/mol. The molecule has 2 aromatic carbocycles. The minimum Gasteiger partial charge on any atom is -0.321 e. The maximum Gasteiger partial charge on any atom is 0.267 e. The van der Waals surface area contributed by atoms with Gasteiger partial charge in [-0.2, -0.15) is 0 Å². The maximum atomic E-state index is 12.5. The molecule has 0 fully saturated rings. The molecule has 1 aromatic heterocycles. The highest BCUT2D eigenvalue weighted by Crippen LogP contribution is 2.25. The first-order chi connectivity index (χ1) is 12.4. The van der Waals surface area contributed by atoms with Crippen LogP contribution >= 0.6 is 11.3 Å². The zero-order valence-electron chi connectivity index (χ0n) is 14.8. The summed E-state index contributed by atoms with van der Waals surface area (Å²) in [6.45, 7) is 5.62. The molecule has 3 aromatic rings. The average Bonchev–Trinajstić information content (AvgIpc) is 2.97. The average molecular weight is 365 g/mol. The van der Waals surface area contributed by atoms with Crippen molar-refractivity contribution in [3.8, 4) is 0 Å². The Morgan fingerprint density at radius 1 is 0.923 bits per heavy atom. The fourth-order valence-electron chi connectivity index (χ4n) is 2.51. The topological polar surface area (TPSA) is 71.1 Å². The Bertz CT molecular complexity index is 979. The van der Waals surface area contributed by atoms with Crippen LogP contribution in [0.3, 0.4) is 0 Å². The number of rotatable bonds is 4. The van der Waals surface area contributed by atoms with Crippen LogP contribution in [0.15, 0.2) is 48.5 Å². The first-order valence-corrected chi connectivity index (χ1v) is 8.98. The fraction of sp³-hybridized carbons (Fsp3) is 0.150. The highest BCUT2D eigenvalue weighted by atomic mass is 32.1. The first kappa shape index (κ1) is 17.8. The summed E-state index contributed by atoms with van der Waals surface area (Å²) >= 11 is 1.16. The number of para-hydroxylation sites is 1. The lowest BCUT2D eigenvalue weighted by atomic mass is 10.1. The smallest absolute Gasteiger partial charge is 0.267 e. The van der Waals surface area contributed by atoms with Crippen molar-refractivity contribution in [2.24, 2.45) is 0 Å². The van der Waals surface area contributed by atoms with Crippen LogP contribution < -0.4 is 10.6 Å². The summed E-state index contributed by atoms with van der Waals surface area (Å²) in [5, 5.41) is 6.06. The SMILES string of the molecule is Cc1cccc(C(=O)Nc2nc(C)c(C(=O)Nc3ccccc3C)s2)c1. The zero-order chi connectivity index (χ0) is 18.7. The van der Waals surface area contributed by atoms with Crippen molar-refractivity contribution in [1.29, 1.82) is 0 Å². The number of nitrogens with one attached hydrogen (secondary N) is 2. The molecule has 0 aliphatic heterocycles. The second kappa shape index (κ2) is 7.49. The number of carbonyl (C=O) groups is 2. The summed E-state index contributed by atoms with van der Waals surface area (Å²) < 4.78 is 0. The van der Waals surface area contributed by atoms with Crippen molar-refractivity contribution >= 4 is 34.0 Å². The van der Waals surface area contributed by atoms with Crippen LogP contribution in [0.1, 0.15) is 36.9 Å². The van der Waals surface area contributed by atoms with Gasteiger partial charge in [-0.15, -0.1) is 0 Å². The molecule has 6 heteroatoms. The van der Waals surface area contributed by atoms with E-state index < -0.39 is 0 Å². The van der Waals surface area contributed by atoms with Crippen LogP contribution in [0.2, 0.25) is 0 Å². The van der Waals surface area contributed by atoms with Gasteiger partial charge in [0.15, 0.2) is 5.13 Å². The number of anilines is 2. The van der Waals surface area contributed by atoms with Gasteiger partial charge in [0, 0.05) is 11.3 Å². The summed E-state index contributed by atoms with van der Waals surface area (Å²) in [5.41, 5.74) is 3.89. The van der Waals surface area contributed by atoms with Gasteiger partial charge < -0.3 is 5.32 Å². The second-order valence-corrected chi connectivity index (χ2v) is 7.03. The fourth-order valence-corrected chi connectivity index (χ4v) is 3.37.